The van der Waals surface area contributed by atoms with Crippen molar-refractivity contribution in [3.63, 3.8) is 0 Å². The molecule has 1 saturated carbocycles. The van der Waals surface area contributed by atoms with E-state index in [1.54, 1.807) is 6.92 Å². The summed E-state index contributed by atoms with van der Waals surface area (Å²) in [5, 5.41) is 11.4. The summed E-state index contributed by atoms with van der Waals surface area (Å²) < 4.78 is 0. The second-order valence-corrected chi connectivity index (χ2v) is 5.22. The summed E-state index contributed by atoms with van der Waals surface area (Å²) >= 11 is 0. The fourth-order valence-corrected chi connectivity index (χ4v) is 1.88. The molecule has 0 saturated heterocycles. The van der Waals surface area contributed by atoms with Crippen molar-refractivity contribution in [1.82, 2.24) is 5.32 Å². The van der Waals surface area contributed by atoms with E-state index in [0.717, 1.165) is 12.8 Å². The van der Waals surface area contributed by atoms with E-state index in [0.29, 0.717) is 18.8 Å². The summed E-state index contributed by atoms with van der Waals surface area (Å²) in [7, 11) is 0. The Kier molecular flexibility index (Phi) is 4.51. The summed E-state index contributed by atoms with van der Waals surface area (Å²) in [6, 6.07) is -0.0246. The Morgan fingerprint density at radius 1 is 1.53 bits per heavy atom. The number of hydrogen-bond acceptors (Lipinski definition) is 3. The summed E-state index contributed by atoms with van der Waals surface area (Å²) in [6.45, 7) is 3.65. The first-order valence-electron chi connectivity index (χ1n) is 6.15. The van der Waals surface area contributed by atoms with Crippen LogP contribution in [0.5, 0.6) is 0 Å². The SMILES string of the molecule is CC(CCCC(=O)O)NC(=O)C(C)(N)C1CC1. The number of carbonyl (C=O) groups is 2. The number of nitrogens with two attached hydrogens (primary N) is 1. The molecule has 5 heteroatoms. The van der Waals surface area contributed by atoms with E-state index >= 15 is 0 Å². The van der Waals surface area contributed by atoms with Crippen LogP contribution in [0, 0.1) is 5.92 Å². The van der Waals surface area contributed by atoms with Gasteiger partial charge in [0.05, 0.1) is 5.54 Å². The van der Waals surface area contributed by atoms with E-state index in [-0.39, 0.29) is 18.4 Å². The summed E-state index contributed by atoms with van der Waals surface area (Å²) in [5.74, 6) is -0.623. The van der Waals surface area contributed by atoms with E-state index in [4.69, 9.17) is 10.8 Å². The number of nitrogens with one attached hydrogen (secondary N) is 1. The minimum absolute atomic E-state index is 0.0246. The number of carboxylic acids is 1. The van der Waals surface area contributed by atoms with E-state index in [1.807, 2.05) is 6.92 Å². The molecule has 98 valence electrons. The lowest BCUT2D eigenvalue weighted by atomic mass is 9.95. The van der Waals surface area contributed by atoms with Crippen LogP contribution in [0.15, 0.2) is 0 Å². The van der Waals surface area contributed by atoms with Crippen molar-refractivity contribution in [3.8, 4) is 0 Å². The molecule has 0 heterocycles. The molecule has 1 amide bonds. The van der Waals surface area contributed by atoms with Crippen molar-refractivity contribution < 1.29 is 14.7 Å². The van der Waals surface area contributed by atoms with Gasteiger partial charge in [0.1, 0.15) is 0 Å². The maximum absolute atomic E-state index is 11.9. The smallest absolute Gasteiger partial charge is 0.303 e. The van der Waals surface area contributed by atoms with Gasteiger partial charge in [-0.25, -0.2) is 0 Å². The molecule has 2 atom stereocenters. The molecule has 0 bridgehead atoms. The van der Waals surface area contributed by atoms with Crippen molar-refractivity contribution >= 4 is 11.9 Å². The molecule has 0 spiro atoms. The molecule has 1 aliphatic rings. The highest BCUT2D eigenvalue weighted by Gasteiger charge is 2.44. The second kappa shape index (κ2) is 5.49. The van der Waals surface area contributed by atoms with Crippen molar-refractivity contribution in [2.24, 2.45) is 11.7 Å². The molecule has 0 aromatic heterocycles. The third kappa shape index (κ3) is 4.34. The van der Waals surface area contributed by atoms with Crippen LogP contribution in [-0.4, -0.2) is 28.6 Å². The maximum Gasteiger partial charge on any atom is 0.303 e. The molecule has 0 aromatic rings. The number of aliphatic carboxylic acids is 1. The van der Waals surface area contributed by atoms with Gasteiger partial charge in [-0.1, -0.05) is 0 Å². The molecule has 1 rings (SSSR count). The topological polar surface area (TPSA) is 92.4 Å². The van der Waals surface area contributed by atoms with Gasteiger partial charge in [0.2, 0.25) is 5.91 Å². The minimum Gasteiger partial charge on any atom is -0.481 e. The fraction of sp³-hybridized carbons (Fsp3) is 0.833. The van der Waals surface area contributed by atoms with Crippen LogP contribution in [-0.2, 0) is 9.59 Å². The Hall–Kier alpha value is -1.10. The lowest BCUT2D eigenvalue weighted by Gasteiger charge is -2.25. The van der Waals surface area contributed by atoms with Gasteiger partial charge in [0, 0.05) is 12.5 Å². The normalized spacial score (nSPS) is 20.4. The van der Waals surface area contributed by atoms with Crippen molar-refractivity contribution in [1.29, 1.82) is 0 Å². The third-order valence-corrected chi connectivity index (χ3v) is 3.32. The molecular weight excluding hydrogens is 220 g/mol. The van der Waals surface area contributed by atoms with Crippen LogP contribution in [0.2, 0.25) is 0 Å². The Bertz CT molecular complexity index is 298. The Morgan fingerprint density at radius 2 is 2.12 bits per heavy atom. The summed E-state index contributed by atoms with van der Waals surface area (Å²) in [5.41, 5.74) is 5.21. The largest absolute Gasteiger partial charge is 0.481 e. The summed E-state index contributed by atoms with van der Waals surface area (Å²) in [6.07, 6.45) is 3.42. The average Bonchev–Trinajstić information content (AvgIpc) is 2.99. The van der Waals surface area contributed by atoms with Crippen molar-refractivity contribution in [2.75, 3.05) is 0 Å². The van der Waals surface area contributed by atoms with E-state index in [9.17, 15) is 9.59 Å². The molecule has 17 heavy (non-hydrogen) atoms. The summed E-state index contributed by atoms with van der Waals surface area (Å²) in [4.78, 5) is 22.3. The highest BCUT2D eigenvalue weighted by Crippen LogP contribution is 2.38. The molecule has 5 nitrogen and oxygen atoms in total. The zero-order valence-electron chi connectivity index (χ0n) is 10.5. The number of hydrogen-bond donors (Lipinski definition) is 3. The lowest BCUT2D eigenvalue weighted by Crippen LogP contribution is -2.55. The molecule has 0 aromatic carbocycles. The van der Waals surface area contributed by atoms with Crippen LogP contribution in [0.1, 0.15) is 46.0 Å². The maximum atomic E-state index is 11.9. The molecule has 1 aliphatic carbocycles. The first-order chi connectivity index (χ1) is 7.84. The van der Waals surface area contributed by atoms with Gasteiger partial charge in [-0.15, -0.1) is 0 Å². The standard InChI is InChI=1S/C12H22N2O3/c1-8(4-3-5-10(15)16)14-11(17)12(2,13)9-6-7-9/h8-9H,3-7,13H2,1-2H3,(H,14,17)(H,15,16). The monoisotopic (exact) mass is 242 g/mol. The molecule has 1 fully saturated rings. The number of carboxylic acid groups (broad SMARTS) is 1. The van der Waals surface area contributed by atoms with Gasteiger partial charge in [0.25, 0.3) is 0 Å². The Labute approximate surface area is 102 Å². The molecular formula is C12H22N2O3. The average molecular weight is 242 g/mol. The minimum atomic E-state index is -0.801. The second-order valence-electron chi connectivity index (χ2n) is 5.22. The molecule has 0 radical (unpaired) electrons. The van der Waals surface area contributed by atoms with Gasteiger partial charge in [-0.2, -0.15) is 0 Å². The quantitative estimate of drug-likeness (QED) is 0.617. The van der Waals surface area contributed by atoms with Crippen molar-refractivity contribution in [3.05, 3.63) is 0 Å². The van der Waals surface area contributed by atoms with E-state index < -0.39 is 11.5 Å². The Balaban J connectivity index is 2.27. The zero-order valence-corrected chi connectivity index (χ0v) is 10.5. The van der Waals surface area contributed by atoms with Crippen LogP contribution in [0.25, 0.3) is 0 Å². The van der Waals surface area contributed by atoms with Crippen LogP contribution in [0.3, 0.4) is 0 Å². The van der Waals surface area contributed by atoms with Gasteiger partial charge < -0.3 is 16.2 Å². The van der Waals surface area contributed by atoms with Gasteiger partial charge in [0.15, 0.2) is 0 Å². The van der Waals surface area contributed by atoms with E-state index in [1.165, 1.54) is 0 Å². The zero-order chi connectivity index (χ0) is 13.1. The number of carbonyl (C=O) groups excluding carboxylic acids is 1. The first kappa shape index (κ1) is 14.0. The van der Waals surface area contributed by atoms with Gasteiger partial charge >= 0.3 is 5.97 Å². The highest BCUT2D eigenvalue weighted by atomic mass is 16.4. The highest BCUT2D eigenvalue weighted by molar-refractivity contribution is 5.86. The van der Waals surface area contributed by atoms with Gasteiger partial charge in [-0.05, 0) is 45.4 Å². The van der Waals surface area contributed by atoms with Crippen LogP contribution < -0.4 is 11.1 Å². The third-order valence-electron chi connectivity index (χ3n) is 3.32. The molecule has 4 N–H and O–H groups in total. The first-order valence-corrected chi connectivity index (χ1v) is 6.15. The van der Waals surface area contributed by atoms with Crippen molar-refractivity contribution in [2.45, 2.75) is 57.5 Å². The number of amides is 1. The Morgan fingerprint density at radius 3 is 2.59 bits per heavy atom. The predicted octanol–water partition coefficient (Wildman–Crippen LogP) is 0.873. The van der Waals surface area contributed by atoms with Crippen LogP contribution >= 0.6 is 0 Å². The fourth-order valence-electron chi connectivity index (χ4n) is 1.88. The molecule has 2 unspecified atom stereocenters. The number of rotatable bonds is 7. The van der Waals surface area contributed by atoms with E-state index in [2.05, 4.69) is 5.32 Å². The predicted molar refractivity (Wildman–Crippen MR) is 64.4 cm³/mol. The van der Waals surface area contributed by atoms with Crippen LogP contribution in [0.4, 0.5) is 0 Å². The van der Waals surface area contributed by atoms with Gasteiger partial charge in [-0.3, -0.25) is 9.59 Å². The molecule has 0 aliphatic heterocycles. The lowest BCUT2D eigenvalue weighted by molar-refractivity contribution is -0.137.